The molecule has 1 aliphatic carbocycles. The predicted molar refractivity (Wildman–Crippen MR) is 31.2 cm³/mol. The standard InChI is InChI=1S/C6H10O3/c1-9-5-2-4(3-5)6(7)8/h4-5H,2-3H2,1H3,(H,7,8)/t4-,5+. The largest absolute Gasteiger partial charge is 0.481 e. The van der Waals surface area contributed by atoms with Gasteiger partial charge < -0.3 is 9.84 Å². The molecule has 0 spiro atoms. The zero-order chi connectivity index (χ0) is 6.85. The average Bonchev–Trinajstić information content (AvgIpc) is 1.61. The molecule has 1 rings (SSSR count). The van der Waals surface area contributed by atoms with E-state index in [9.17, 15) is 4.79 Å². The number of methoxy groups -OCH3 is 1. The van der Waals surface area contributed by atoms with E-state index in [0.717, 1.165) is 0 Å². The first kappa shape index (κ1) is 6.55. The van der Waals surface area contributed by atoms with Crippen LogP contribution in [-0.4, -0.2) is 24.3 Å². The minimum Gasteiger partial charge on any atom is -0.481 e. The van der Waals surface area contributed by atoms with Gasteiger partial charge in [0.1, 0.15) is 0 Å². The molecule has 9 heavy (non-hydrogen) atoms. The average molecular weight is 130 g/mol. The molecular formula is C6H10O3. The minimum absolute atomic E-state index is 0.144. The predicted octanol–water partition coefficient (Wildman–Crippen LogP) is 0.496. The summed E-state index contributed by atoms with van der Waals surface area (Å²) in [5.41, 5.74) is 0. The smallest absolute Gasteiger partial charge is 0.306 e. The molecule has 3 nitrogen and oxygen atoms in total. The highest BCUT2D eigenvalue weighted by molar-refractivity contribution is 5.71. The van der Waals surface area contributed by atoms with Crippen molar-refractivity contribution in [3.63, 3.8) is 0 Å². The molecule has 0 aromatic rings. The van der Waals surface area contributed by atoms with Gasteiger partial charge in [-0.1, -0.05) is 0 Å². The van der Waals surface area contributed by atoms with Gasteiger partial charge in [-0.05, 0) is 12.8 Å². The Morgan fingerprint density at radius 3 is 2.56 bits per heavy atom. The van der Waals surface area contributed by atoms with Crippen LogP contribution >= 0.6 is 0 Å². The second kappa shape index (κ2) is 2.35. The Balaban J connectivity index is 2.19. The van der Waals surface area contributed by atoms with Crippen LogP contribution in [0.3, 0.4) is 0 Å². The van der Waals surface area contributed by atoms with Gasteiger partial charge in [-0.2, -0.15) is 0 Å². The van der Waals surface area contributed by atoms with Gasteiger partial charge in [0, 0.05) is 7.11 Å². The molecule has 0 unspecified atom stereocenters. The summed E-state index contributed by atoms with van der Waals surface area (Å²) in [6.07, 6.45) is 1.57. The third kappa shape index (κ3) is 1.21. The lowest BCUT2D eigenvalue weighted by molar-refractivity contribution is -0.149. The fourth-order valence-electron chi connectivity index (χ4n) is 0.960. The van der Waals surface area contributed by atoms with E-state index >= 15 is 0 Å². The Kier molecular flexibility index (Phi) is 1.71. The number of hydrogen-bond donors (Lipinski definition) is 1. The van der Waals surface area contributed by atoms with Gasteiger partial charge in [0.2, 0.25) is 0 Å². The van der Waals surface area contributed by atoms with Gasteiger partial charge in [0.05, 0.1) is 12.0 Å². The highest BCUT2D eigenvalue weighted by atomic mass is 16.5. The quantitative estimate of drug-likeness (QED) is 0.592. The molecule has 0 atom stereocenters. The number of rotatable bonds is 2. The highest BCUT2D eigenvalue weighted by Crippen LogP contribution is 2.29. The van der Waals surface area contributed by atoms with Gasteiger partial charge in [-0.3, -0.25) is 4.79 Å². The molecule has 0 aliphatic heterocycles. The van der Waals surface area contributed by atoms with Crippen molar-refractivity contribution >= 4 is 5.97 Å². The monoisotopic (exact) mass is 130 g/mol. The van der Waals surface area contributed by atoms with Gasteiger partial charge >= 0.3 is 5.97 Å². The first-order chi connectivity index (χ1) is 4.24. The fraction of sp³-hybridized carbons (Fsp3) is 0.833. The number of hydrogen-bond acceptors (Lipinski definition) is 2. The number of carboxylic acid groups (broad SMARTS) is 1. The summed E-state index contributed by atoms with van der Waals surface area (Å²) in [4.78, 5) is 10.2. The number of ether oxygens (including phenoxy) is 1. The first-order valence-electron chi connectivity index (χ1n) is 2.99. The molecule has 0 saturated heterocycles. The van der Waals surface area contributed by atoms with E-state index in [4.69, 9.17) is 9.84 Å². The molecule has 0 radical (unpaired) electrons. The number of carboxylic acids is 1. The molecule has 1 fully saturated rings. The maximum absolute atomic E-state index is 10.2. The van der Waals surface area contributed by atoms with Crippen molar-refractivity contribution in [2.24, 2.45) is 5.92 Å². The van der Waals surface area contributed by atoms with E-state index in [1.807, 2.05) is 0 Å². The molecule has 0 heterocycles. The molecule has 1 aliphatic rings. The van der Waals surface area contributed by atoms with E-state index in [1.165, 1.54) is 0 Å². The van der Waals surface area contributed by atoms with Crippen LogP contribution in [0.25, 0.3) is 0 Å². The minimum atomic E-state index is -0.691. The lowest BCUT2D eigenvalue weighted by Crippen LogP contribution is -2.35. The van der Waals surface area contributed by atoms with Crippen LogP contribution in [0.1, 0.15) is 12.8 Å². The third-order valence-corrected chi connectivity index (χ3v) is 1.78. The van der Waals surface area contributed by atoms with E-state index in [2.05, 4.69) is 0 Å². The van der Waals surface area contributed by atoms with Crippen molar-refractivity contribution in [2.75, 3.05) is 7.11 Å². The van der Waals surface area contributed by atoms with Crippen LogP contribution in [0.15, 0.2) is 0 Å². The summed E-state index contributed by atoms with van der Waals surface area (Å²) in [5.74, 6) is -0.835. The number of aliphatic carboxylic acids is 1. The lowest BCUT2D eigenvalue weighted by Gasteiger charge is -2.30. The fourth-order valence-corrected chi connectivity index (χ4v) is 0.960. The zero-order valence-electron chi connectivity index (χ0n) is 5.33. The Morgan fingerprint density at radius 1 is 1.67 bits per heavy atom. The van der Waals surface area contributed by atoms with Gasteiger partial charge in [0.25, 0.3) is 0 Å². The van der Waals surface area contributed by atoms with Crippen molar-refractivity contribution in [1.82, 2.24) is 0 Å². The van der Waals surface area contributed by atoms with Gasteiger partial charge in [-0.15, -0.1) is 0 Å². The highest BCUT2D eigenvalue weighted by Gasteiger charge is 2.34. The second-order valence-corrected chi connectivity index (χ2v) is 2.36. The molecule has 0 bridgehead atoms. The maximum Gasteiger partial charge on any atom is 0.306 e. The van der Waals surface area contributed by atoms with Crippen molar-refractivity contribution in [1.29, 1.82) is 0 Å². The van der Waals surface area contributed by atoms with Crippen molar-refractivity contribution in [3.05, 3.63) is 0 Å². The summed E-state index contributed by atoms with van der Waals surface area (Å²) in [5, 5.41) is 8.39. The van der Waals surface area contributed by atoms with Gasteiger partial charge in [0.15, 0.2) is 0 Å². The molecule has 52 valence electrons. The van der Waals surface area contributed by atoms with Crippen LogP contribution in [0, 0.1) is 5.92 Å². The SMILES string of the molecule is CO[C@H]1C[C@@H](C(=O)O)C1. The normalized spacial score (nSPS) is 33.4. The van der Waals surface area contributed by atoms with Crippen LogP contribution in [0.5, 0.6) is 0 Å². The van der Waals surface area contributed by atoms with Crippen LogP contribution < -0.4 is 0 Å². The summed E-state index contributed by atoms with van der Waals surface area (Å²) in [6, 6.07) is 0. The number of carbonyl (C=O) groups is 1. The maximum atomic E-state index is 10.2. The van der Waals surface area contributed by atoms with Crippen LogP contribution in [0.2, 0.25) is 0 Å². The van der Waals surface area contributed by atoms with Crippen LogP contribution in [0.4, 0.5) is 0 Å². The zero-order valence-corrected chi connectivity index (χ0v) is 5.33. The molecule has 0 aromatic heterocycles. The van der Waals surface area contributed by atoms with E-state index < -0.39 is 5.97 Å². The molecule has 1 saturated carbocycles. The van der Waals surface area contributed by atoms with Crippen LogP contribution in [-0.2, 0) is 9.53 Å². The van der Waals surface area contributed by atoms with E-state index in [1.54, 1.807) is 7.11 Å². The van der Waals surface area contributed by atoms with Crippen molar-refractivity contribution in [3.8, 4) is 0 Å². The summed E-state index contributed by atoms with van der Waals surface area (Å²) in [6.45, 7) is 0. The second-order valence-electron chi connectivity index (χ2n) is 2.36. The third-order valence-electron chi connectivity index (χ3n) is 1.78. The summed E-state index contributed by atoms with van der Waals surface area (Å²) in [7, 11) is 1.61. The van der Waals surface area contributed by atoms with Crippen molar-refractivity contribution in [2.45, 2.75) is 18.9 Å². The van der Waals surface area contributed by atoms with E-state index in [-0.39, 0.29) is 12.0 Å². The summed E-state index contributed by atoms with van der Waals surface area (Å²) < 4.78 is 4.90. The Hall–Kier alpha value is -0.570. The molecule has 3 heteroatoms. The topological polar surface area (TPSA) is 46.5 Å². The first-order valence-corrected chi connectivity index (χ1v) is 2.99. The molecule has 1 N–H and O–H groups in total. The Morgan fingerprint density at radius 2 is 2.22 bits per heavy atom. The Bertz CT molecular complexity index is 115. The molecular weight excluding hydrogens is 120 g/mol. The van der Waals surface area contributed by atoms with E-state index in [0.29, 0.717) is 12.8 Å². The van der Waals surface area contributed by atoms with Gasteiger partial charge in [-0.25, -0.2) is 0 Å². The molecule has 0 aromatic carbocycles. The Labute approximate surface area is 53.6 Å². The summed E-state index contributed by atoms with van der Waals surface area (Å²) >= 11 is 0. The lowest BCUT2D eigenvalue weighted by atomic mass is 9.82. The molecule has 0 amide bonds. The van der Waals surface area contributed by atoms with Crippen molar-refractivity contribution < 1.29 is 14.6 Å².